The Morgan fingerprint density at radius 1 is 1.25 bits per heavy atom. The van der Waals surface area contributed by atoms with Crippen molar-refractivity contribution in [3.63, 3.8) is 0 Å². The summed E-state index contributed by atoms with van der Waals surface area (Å²) in [6.07, 6.45) is 3.11. The molecule has 2 rings (SSSR count). The Hall–Kier alpha value is -1.52. The molecular formula is C11H9ClFN3. The standard InChI is InChI=1S/C11H9ClFN3/c12-9-5-7(13)1-2-8(9)11-10(6-14)15-3-4-16-11/h1-5H,6,14H2. The average Bonchev–Trinajstić information content (AvgIpc) is 2.29. The number of hydrogen-bond donors (Lipinski definition) is 1. The highest BCUT2D eigenvalue weighted by Gasteiger charge is 2.10. The zero-order chi connectivity index (χ0) is 11.5. The molecule has 0 saturated carbocycles. The van der Waals surface area contributed by atoms with E-state index < -0.39 is 0 Å². The molecule has 1 aromatic heterocycles. The third-order valence-electron chi connectivity index (χ3n) is 2.15. The van der Waals surface area contributed by atoms with Gasteiger partial charge in [-0.1, -0.05) is 11.6 Å². The van der Waals surface area contributed by atoms with Crippen LogP contribution >= 0.6 is 11.6 Å². The van der Waals surface area contributed by atoms with Gasteiger partial charge in [-0.25, -0.2) is 4.39 Å². The summed E-state index contributed by atoms with van der Waals surface area (Å²) in [5.74, 6) is -0.382. The van der Waals surface area contributed by atoms with Crippen LogP contribution in [0, 0.1) is 5.82 Å². The maximum atomic E-state index is 12.9. The molecule has 0 amide bonds. The van der Waals surface area contributed by atoms with E-state index in [0.717, 1.165) is 0 Å². The van der Waals surface area contributed by atoms with Crippen molar-refractivity contribution in [2.24, 2.45) is 5.73 Å². The summed E-state index contributed by atoms with van der Waals surface area (Å²) in [5.41, 5.74) is 7.41. The first kappa shape index (κ1) is 11.0. The van der Waals surface area contributed by atoms with Crippen LogP contribution in [-0.4, -0.2) is 9.97 Å². The van der Waals surface area contributed by atoms with E-state index >= 15 is 0 Å². The summed E-state index contributed by atoms with van der Waals surface area (Å²) < 4.78 is 12.9. The van der Waals surface area contributed by atoms with E-state index in [9.17, 15) is 4.39 Å². The van der Waals surface area contributed by atoms with Gasteiger partial charge in [-0.3, -0.25) is 9.97 Å². The number of hydrogen-bond acceptors (Lipinski definition) is 3. The summed E-state index contributed by atoms with van der Waals surface area (Å²) in [7, 11) is 0. The molecular weight excluding hydrogens is 229 g/mol. The first-order valence-corrected chi connectivity index (χ1v) is 5.05. The second-order valence-corrected chi connectivity index (χ2v) is 3.59. The number of nitrogens with two attached hydrogens (primary N) is 1. The Morgan fingerprint density at radius 3 is 2.69 bits per heavy atom. The fourth-order valence-corrected chi connectivity index (χ4v) is 1.68. The van der Waals surface area contributed by atoms with Crippen LogP contribution in [0.15, 0.2) is 30.6 Å². The molecule has 2 N–H and O–H groups in total. The molecule has 0 radical (unpaired) electrons. The monoisotopic (exact) mass is 237 g/mol. The predicted octanol–water partition coefficient (Wildman–Crippen LogP) is 2.39. The van der Waals surface area contributed by atoms with Gasteiger partial charge in [0.25, 0.3) is 0 Å². The molecule has 1 heterocycles. The van der Waals surface area contributed by atoms with Crippen LogP contribution in [0.3, 0.4) is 0 Å². The minimum Gasteiger partial charge on any atom is -0.325 e. The molecule has 3 nitrogen and oxygen atoms in total. The molecule has 0 unspecified atom stereocenters. The van der Waals surface area contributed by atoms with Gasteiger partial charge in [0.2, 0.25) is 0 Å². The number of benzene rings is 1. The summed E-state index contributed by atoms with van der Waals surface area (Å²) in [5, 5.41) is 0.301. The highest BCUT2D eigenvalue weighted by molar-refractivity contribution is 6.33. The van der Waals surface area contributed by atoms with Gasteiger partial charge < -0.3 is 5.73 Å². The molecule has 0 aliphatic rings. The second kappa shape index (κ2) is 4.55. The Morgan fingerprint density at radius 2 is 2.00 bits per heavy atom. The van der Waals surface area contributed by atoms with Crippen molar-refractivity contribution < 1.29 is 4.39 Å². The molecule has 0 atom stereocenters. The summed E-state index contributed by atoms with van der Waals surface area (Å²) in [6, 6.07) is 4.14. The smallest absolute Gasteiger partial charge is 0.124 e. The lowest BCUT2D eigenvalue weighted by Gasteiger charge is -2.07. The normalized spacial score (nSPS) is 10.4. The second-order valence-electron chi connectivity index (χ2n) is 3.18. The SMILES string of the molecule is NCc1nccnc1-c1ccc(F)cc1Cl. The van der Waals surface area contributed by atoms with Gasteiger partial charge >= 0.3 is 0 Å². The fraction of sp³-hybridized carbons (Fsp3) is 0.0909. The molecule has 0 aliphatic carbocycles. The van der Waals surface area contributed by atoms with Crippen molar-refractivity contribution in [1.29, 1.82) is 0 Å². The third kappa shape index (κ3) is 2.03. The molecule has 82 valence electrons. The van der Waals surface area contributed by atoms with E-state index in [2.05, 4.69) is 9.97 Å². The zero-order valence-electron chi connectivity index (χ0n) is 8.32. The topological polar surface area (TPSA) is 51.8 Å². The number of rotatable bonds is 2. The highest BCUT2D eigenvalue weighted by atomic mass is 35.5. The van der Waals surface area contributed by atoms with Crippen molar-refractivity contribution in [2.75, 3.05) is 0 Å². The van der Waals surface area contributed by atoms with Crippen LogP contribution in [0.1, 0.15) is 5.69 Å². The van der Waals surface area contributed by atoms with Crippen LogP contribution in [0.5, 0.6) is 0 Å². The average molecular weight is 238 g/mol. The molecule has 0 bridgehead atoms. The zero-order valence-corrected chi connectivity index (χ0v) is 9.08. The van der Waals surface area contributed by atoms with E-state index in [0.29, 0.717) is 22.0 Å². The molecule has 0 aliphatic heterocycles. The quantitative estimate of drug-likeness (QED) is 0.873. The Balaban J connectivity index is 2.58. The van der Waals surface area contributed by atoms with E-state index in [1.165, 1.54) is 12.1 Å². The molecule has 0 fully saturated rings. The molecule has 16 heavy (non-hydrogen) atoms. The van der Waals surface area contributed by atoms with Crippen molar-refractivity contribution >= 4 is 11.6 Å². The van der Waals surface area contributed by atoms with Crippen LogP contribution in [0.25, 0.3) is 11.3 Å². The van der Waals surface area contributed by atoms with Gasteiger partial charge in [0.1, 0.15) is 5.82 Å². The Bertz CT molecular complexity index is 516. The van der Waals surface area contributed by atoms with Gasteiger partial charge in [-0.05, 0) is 18.2 Å². The van der Waals surface area contributed by atoms with Crippen LogP contribution in [-0.2, 0) is 6.54 Å². The molecule has 2 aromatic rings. The predicted molar refractivity (Wildman–Crippen MR) is 60.3 cm³/mol. The lowest BCUT2D eigenvalue weighted by atomic mass is 10.1. The minimum absolute atomic E-state index is 0.261. The number of halogens is 2. The fourth-order valence-electron chi connectivity index (χ4n) is 1.42. The summed E-state index contributed by atoms with van der Waals surface area (Å²) in [6.45, 7) is 0.261. The van der Waals surface area contributed by atoms with E-state index in [-0.39, 0.29) is 12.4 Å². The summed E-state index contributed by atoms with van der Waals surface area (Å²) in [4.78, 5) is 8.26. The van der Waals surface area contributed by atoms with Crippen molar-refractivity contribution in [1.82, 2.24) is 9.97 Å². The number of nitrogens with zero attached hydrogens (tertiary/aromatic N) is 2. The molecule has 5 heteroatoms. The lowest BCUT2D eigenvalue weighted by molar-refractivity contribution is 0.628. The van der Waals surface area contributed by atoms with E-state index in [1.807, 2.05) is 0 Å². The molecule has 0 spiro atoms. The Kier molecular flexibility index (Phi) is 3.12. The van der Waals surface area contributed by atoms with Gasteiger partial charge in [-0.2, -0.15) is 0 Å². The van der Waals surface area contributed by atoms with Gasteiger partial charge in [0, 0.05) is 24.5 Å². The van der Waals surface area contributed by atoms with Crippen LogP contribution < -0.4 is 5.73 Å². The maximum absolute atomic E-state index is 12.9. The Labute approximate surface area is 97.1 Å². The van der Waals surface area contributed by atoms with Crippen molar-refractivity contribution in [3.8, 4) is 11.3 Å². The molecule has 0 saturated heterocycles. The summed E-state index contributed by atoms with van der Waals surface area (Å²) >= 11 is 5.94. The van der Waals surface area contributed by atoms with Crippen LogP contribution in [0.2, 0.25) is 5.02 Å². The number of aromatic nitrogens is 2. The van der Waals surface area contributed by atoms with E-state index in [4.69, 9.17) is 17.3 Å². The van der Waals surface area contributed by atoms with Crippen molar-refractivity contribution in [2.45, 2.75) is 6.54 Å². The van der Waals surface area contributed by atoms with Gasteiger partial charge in [0.05, 0.1) is 16.4 Å². The van der Waals surface area contributed by atoms with Gasteiger partial charge in [-0.15, -0.1) is 0 Å². The first-order chi connectivity index (χ1) is 7.72. The van der Waals surface area contributed by atoms with E-state index in [1.54, 1.807) is 18.5 Å². The molecule has 1 aromatic carbocycles. The van der Waals surface area contributed by atoms with Crippen LogP contribution in [0.4, 0.5) is 4.39 Å². The lowest BCUT2D eigenvalue weighted by Crippen LogP contribution is -2.03. The largest absolute Gasteiger partial charge is 0.325 e. The van der Waals surface area contributed by atoms with Crippen molar-refractivity contribution in [3.05, 3.63) is 47.1 Å². The highest BCUT2D eigenvalue weighted by Crippen LogP contribution is 2.28. The minimum atomic E-state index is -0.382. The first-order valence-electron chi connectivity index (χ1n) is 4.67. The third-order valence-corrected chi connectivity index (χ3v) is 2.47. The van der Waals surface area contributed by atoms with Gasteiger partial charge in [0.15, 0.2) is 0 Å². The maximum Gasteiger partial charge on any atom is 0.124 e.